The Morgan fingerprint density at radius 3 is 1.89 bits per heavy atom. The highest BCUT2D eigenvalue weighted by Gasteiger charge is 2.27. The number of anilines is 1. The lowest BCUT2D eigenvalue weighted by Gasteiger charge is -2.19. The third kappa shape index (κ3) is 5.20. The fourth-order valence-corrected chi connectivity index (χ4v) is 3.88. The summed E-state index contributed by atoms with van der Waals surface area (Å²) in [5.74, 6) is 0.671. The van der Waals surface area contributed by atoms with Crippen LogP contribution in [0.3, 0.4) is 0 Å². The minimum Gasteiger partial charge on any atom is -0.457 e. The van der Waals surface area contributed by atoms with Crippen LogP contribution in [0.2, 0.25) is 0 Å². The predicted octanol–water partition coefficient (Wildman–Crippen LogP) is 6.99. The van der Waals surface area contributed by atoms with E-state index in [-0.39, 0.29) is 24.2 Å². The van der Waals surface area contributed by atoms with E-state index in [1.165, 1.54) is 29.3 Å². The van der Waals surface area contributed by atoms with E-state index in [2.05, 4.69) is 10.7 Å². The van der Waals surface area contributed by atoms with Crippen LogP contribution in [0.1, 0.15) is 16.7 Å². The number of carbonyl (C=O) groups is 1. The molecule has 1 aliphatic heterocycles. The summed E-state index contributed by atoms with van der Waals surface area (Å²) in [4.78, 5) is 13.1. The summed E-state index contributed by atoms with van der Waals surface area (Å²) in [7, 11) is 0. The Hall–Kier alpha value is -4.65. The second-order valence-electron chi connectivity index (χ2n) is 8.43. The number of urea groups is 1. The fraction of sp³-hybridized carbons (Fsp3) is 0.0690. The quantitative estimate of drug-likeness (QED) is 0.322. The molecule has 0 aromatic heterocycles. The molecule has 0 aliphatic carbocycles. The van der Waals surface area contributed by atoms with E-state index >= 15 is 0 Å². The van der Waals surface area contributed by atoms with Crippen LogP contribution in [0.5, 0.6) is 11.5 Å². The van der Waals surface area contributed by atoms with Crippen LogP contribution in [-0.4, -0.2) is 17.6 Å². The van der Waals surface area contributed by atoms with Gasteiger partial charge in [0.15, 0.2) is 0 Å². The molecule has 0 unspecified atom stereocenters. The maximum absolute atomic E-state index is 13.5. The van der Waals surface area contributed by atoms with Gasteiger partial charge in [-0.3, -0.25) is 5.43 Å². The van der Waals surface area contributed by atoms with Crippen LogP contribution in [0.25, 0.3) is 11.3 Å². The molecule has 1 aliphatic rings. The highest BCUT2D eigenvalue weighted by atomic mass is 19.1. The van der Waals surface area contributed by atoms with Gasteiger partial charge in [0, 0.05) is 11.3 Å². The maximum Gasteiger partial charge on any atom is 0.340 e. The van der Waals surface area contributed by atoms with Crippen molar-refractivity contribution in [1.82, 2.24) is 10.4 Å². The number of amides is 2. The van der Waals surface area contributed by atoms with Crippen molar-refractivity contribution in [3.63, 3.8) is 0 Å². The van der Waals surface area contributed by atoms with E-state index < -0.39 is 0 Å². The number of hydrogen-bond donors (Lipinski definition) is 2. The number of hydrogen-bond acceptors (Lipinski definition) is 3. The zero-order valence-corrected chi connectivity index (χ0v) is 19.5. The first-order valence-corrected chi connectivity index (χ1v) is 11.4. The number of nitrogens with one attached hydrogen (secondary N) is 2. The van der Waals surface area contributed by atoms with Crippen LogP contribution >= 0.6 is 0 Å². The van der Waals surface area contributed by atoms with Crippen LogP contribution in [0, 0.1) is 18.6 Å². The first-order valence-electron chi connectivity index (χ1n) is 11.4. The number of nitrogens with zero attached hydrogens (tertiary/aromatic N) is 1. The van der Waals surface area contributed by atoms with Gasteiger partial charge in [0.05, 0.1) is 12.2 Å². The maximum atomic E-state index is 13.5. The Balaban J connectivity index is 1.30. The Kier molecular flexibility index (Phi) is 6.36. The summed E-state index contributed by atoms with van der Waals surface area (Å²) in [6.45, 7) is 2.25. The van der Waals surface area contributed by atoms with E-state index in [0.29, 0.717) is 22.7 Å². The van der Waals surface area contributed by atoms with Gasteiger partial charge in [-0.2, -0.15) is 0 Å². The summed E-state index contributed by atoms with van der Waals surface area (Å²) in [5, 5.41) is 4.29. The number of halogens is 2. The molecule has 7 heteroatoms. The number of ether oxygens (including phenoxy) is 1. The molecule has 180 valence electrons. The van der Waals surface area contributed by atoms with Crippen LogP contribution in [0.4, 0.5) is 19.3 Å². The molecule has 5 nitrogen and oxygen atoms in total. The Bertz CT molecular complexity index is 1340. The zero-order valence-electron chi connectivity index (χ0n) is 19.5. The third-order valence-electron chi connectivity index (χ3n) is 5.80. The molecule has 4 aromatic rings. The SMILES string of the molecule is Cc1ccc(Oc2ccc(NC(=O)N3CC(c4ccc(F)cc4)=C(c4ccc(F)cc4)N3)cc2)cc1. The lowest BCUT2D eigenvalue weighted by atomic mass is 10.0. The fourth-order valence-electron chi connectivity index (χ4n) is 3.88. The van der Waals surface area contributed by atoms with Crippen LogP contribution in [-0.2, 0) is 0 Å². The van der Waals surface area contributed by atoms with Crippen molar-refractivity contribution in [2.75, 3.05) is 11.9 Å². The predicted molar refractivity (Wildman–Crippen MR) is 136 cm³/mol. The van der Waals surface area contributed by atoms with E-state index in [1.807, 2.05) is 31.2 Å². The van der Waals surface area contributed by atoms with Gasteiger partial charge in [-0.25, -0.2) is 18.6 Å². The Morgan fingerprint density at radius 2 is 1.31 bits per heavy atom. The average molecular weight is 484 g/mol. The van der Waals surface area contributed by atoms with E-state index in [1.54, 1.807) is 48.5 Å². The second-order valence-corrected chi connectivity index (χ2v) is 8.43. The van der Waals surface area contributed by atoms with E-state index in [9.17, 15) is 13.6 Å². The molecule has 0 saturated heterocycles. The average Bonchev–Trinajstić information content (AvgIpc) is 3.33. The zero-order chi connectivity index (χ0) is 25.1. The molecule has 36 heavy (non-hydrogen) atoms. The standard InChI is InChI=1S/C29H23F2N3O2/c1-19-2-14-25(15-3-19)36-26-16-12-24(13-17-26)32-29(35)34-18-27(20-4-8-22(30)9-5-20)28(33-34)21-6-10-23(31)11-7-21/h2-17,33H,18H2,1H3,(H,32,35). The smallest absolute Gasteiger partial charge is 0.340 e. The molecule has 0 bridgehead atoms. The number of carbonyl (C=O) groups excluding carboxylic acids is 1. The van der Waals surface area contributed by atoms with Gasteiger partial charge in [-0.15, -0.1) is 0 Å². The highest BCUT2D eigenvalue weighted by molar-refractivity contribution is 5.98. The molecule has 0 atom stereocenters. The molecule has 2 N–H and O–H groups in total. The molecular weight excluding hydrogens is 460 g/mol. The molecule has 1 heterocycles. The normalized spacial score (nSPS) is 12.9. The monoisotopic (exact) mass is 483 g/mol. The molecule has 2 amide bonds. The van der Waals surface area contributed by atoms with Gasteiger partial charge in [-0.1, -0.05) is 29.8 Å². The van der Waals surface area contributed by atoms with Crippen LogP contribution < -0.4 is 15.5 Å². The number of aryl methyl sites for hydroxylation is 1. The third-order valence-corrected chi connectivity index (χ3v) is 5.80. The van der Waals surface area contributed by atoms with Crippen molar-refractivity contribution in [3.8, 4) is 11.5 Å². The highest BCUT2D eigenvalue weighted by Crippen LogP contribution is 2.31. The summed E-state index contributed by atoms with van der Waals surface area (Å²) in [6, 6.07) is 26.5. The first-order chi connectivity index (χ1) is 17.4. The second kappa shape index (κ2) is 9.92. The number of benzene rings is 4. The summed E-state index contributed by atoms with van der Waals surface area (Å²) < 4.78 is 32.8. The van der Waals surface area contributed by atoms with Crippen molar-refractivity contribution in [3.05, 3.63) is 125 Å². The summed E-state index contributed by atoms with van der Waals surface area (Å²) >= 11 is 0. The van der Waals surface area contributed by atoms with Crippen molar-refractivity contribution < 1.29 is 18.3 Å². The number of hydrazine groups is 1. The van der Waals surface area contributed by atoms with Crippen molar-refractivity contribution in [1.29, 1.82) is 0 Å². The Labute approximate surface area is 207 Å². The van der Waals surface area contributed by atoms with Gasteiger partial charge in [0.1, 0.15) is 23.1 Å². The Morgan fingerprint density at radius 1 is 0.778 bits per heavy atom. The van der Waals surface area contributed by atoms with Crippen molar-refractivity contribution in [2.45, 2.75) is 6.92 Å². The molecule has 0 spiro atoms. The number of rotatable bonds is 5. The molecule has 0 radical (unpaired) electrons. The minimum absolute atomic E-state index is 0.235. The van der Waals surface area contributed by atoms with E-state index in [0.717, 1.165) is 22.4 Å². The molecular formula is C29H23F2N3O2. The van der Waals surface area contributed by atoms with Gasteiger partial charge in [0.25, 0.3) is 0 Å². The largest absolute Gasteiger partial charge is 0.457 e. The summed E-state index contributed by atoms with van der Waals surface area (Å²) in [6.07, 6.45) is 0. The molecule has 0 saturated carbocycles. The first kappa shape index (κ1) is 23.1. The minimum atomic E-state index is -0.376. The van der Waals surface area contributed by atoms with Gasteiger partial charge in [0.2, 0.25) is 0 Å². The van der Waals surface area contributed by atoms with Crippen molar-refractivity contribution >= 4 is 23.0 Å². The lowest BCUT2D eigenvalue weighted by Crippen LogP contribution is -2.40. The van der Waals surface area contributed by atoms with Gasteiger partial charge in [-0.05, 0) is 90.8 Å². The molecule has 5 rings (SSSR count). The van der Waals surface area contributed by atoms with E-state index in [4.69, 9.17) is 4.74 Å². The summed E-state index contributed by atoms with van der Waals surface area (Å²) in [5.41, 5.74) is 7.78. The van der Waals surface area contributed by atoms with Crippen molar-refractivity contribution in [2.24, 2.45) is 0 Å². The lowest BCUT2D eigenvalue weighted by molar-refractivity contribution is 0.210. The molecule has 4 aromatic carbocycles. The van der Waals surface area contributed by atoms with Gasteiger partial charge < -0.3 is 10.1 Å². The molecule has 0 fully saturated rings. The van der Waals surface area contributed by atoms with Crippen LogP contribution in [0.15, 0.2) is 97.1 Å². The topological polar surface area (TPSA) is 53.6 Å². The van der Waals surface area contributed by atoms with Gasteiger partial charge >= 0.3 is 6.03 Å².